The van der Waals surface area contributed by atoms with Crippen LogP contribution in [0.15, 0.2) is 245 Å². The van der Waals surface area contributed by atoms with Gasteiger partial charge in [0.2, 0.25) is 0 Å². The largest absolute Gasteiger partial charge is 0.455 e. The van der Waals surface area contributed by atoms with E-state index in [0.29, 0.717) is 0 Å². The minimum absolute atomic E-state index is 0.243. The van der Waals surface area contributed by atoms with E-state index >= 15 is 0 Å². The maximum absolute atomic E-state index is 7.03. The molecule has 76 heavy (non-hydrogen) atoms. The highest BCUT2D eigenvalue weighted by molar-refractivity contribution is 7.22. The number of benzene rings is 11. The number of furan rings is 2. The van der Waals surface area contributed by atoms with Crippen LogP contribution in [0.5, 0.6) is 0 Å². The summed E-state index contributed by atoms with van der Waals surface area (Å²) in [6.45, 7) is 9.74. The van der Waals surface area contributed by atoms with Gasteiger partial charge in [0.1, 0.15) is 22.3 Å². The molecule has 0 radical (unpaired) electrons. The predicted octanol–water partition coefficient (Wildman–Crippen LogP) is 16.6. The van der Waals surface area contributed by atoms with Gasteiger partial charge < -0.3 is 13.7 Å². The Balaban J connectivity index is 0.970. The van der Waals surface area contributed by atoms with E-state index in [1.54, 1.807) is 0 Å². The van der Waals surface area contributed by atoms with E-state index in [4.69, 9.17) is 8.83 Å². The van der Waals surface area contributed by atoms with Crippen LogP contribution >= 0.6 is 0 Å². The lowest BCUT2D eigenvalue weighted by molar-refractivity contribution is 0.600. The summed E-state index contributed by atoms with van der Waals surface area (Å²) in [6, 6.07) is 88.0. The quantitative estimate of drug-likeness (QED) is 0.156. The van der Waals surface area contributed by atoms with Crippen LogP contribution in [0.3, 0.4) is 0 Å². The van der Waals surface area contributed by atoms with Crippen molar-refractivity contribution < 1.29 is 8.83 Å². The van der Waals surface area contributed by atoms with E-state index in [0.717, 1.165) is 61.3 Å². The van der Waals surface area contributed by atoms with Gasteiger partial charge in [-0.3, -0.25) is 0 Å². The fourth-order valence-corrected chi connectivity index (χ4v) is 19.7. The molecule has 0 fully saturated rings. The van der Waals surface area contributed by atoms with Crippen LogP contribution in [0.1, 0.15) is 49.9 Å². The highest BCUT2D eigenvalue weighted by Gasteiger charge is 2.52. The molecule has 0 amide bonds. The average molecular weight is 990 g/mol. The molecule has 0 spiro atoms. The van der Waals surface area contributed by atoms with Crippen molar-refractivity contribution in [3.05, 3.63) is 259 Å². The van der Waals surface area contributed by atoms with Gasteiger partial charge in [0, 0.05) is 60.6 Å². The number of anilines is 3. The molecule has 0 N–H and O–H groups in total. The normalized spacial score (nSPS) is 14.9. The Hall–Kier alpha value is -8.96. The molecule has 0 saturated carbocycles. The summed E-state index contributed by atoms with van der Waals surface area (Å²) < 4.78 is 14.0. The second kappa shape index (κ2) is 15.5. The molecule has 4 heteroatoms. The first-order chi connectivity index (χ1) is 37.2. The lowest BCUT2D eigenvalue weighted by Crippen LogP contribution is -2.72. The molecule has 3 aliphatic rings. The first-order valence-electron chi connectivity index (χ1n) is 26.7. The van der Waals surface area contributed by atoms with Gasteiger partial charge in [0.15, 0.2) is 8.07 Å². The van der Waals surface area contributed by atoms with Crippen LogP contribution in [0.25, 0.3) is 88.4 Å². The summed E-state index contributed by atoms with van der Waals surface area (Å²) in [6.07, 6.45) is 0. The molecule has 2 aromatic heterocycles. The van der Waals surface area contributed by atoms with Gasteiger partial charge in [-0.2, -0.15) is 0 Å². The van der Waals surface area contributed by atoms with Gasteiger partial charge in [-0.05, 0) is 131 Å². The zero-order valence-corrected chi connectivity index (χ0v) is 43.8. The first-order valence-corrected chi connectivity index (χ1v) is 28.7. The summed E-state index contributed by atoms with van der Waals surface area (Å²) in [5.74, 6) is 0. The number of hydrogen-bond acceptors (Lipinski definition) is 3. The Morgan fingerprint density at radius 3 is 1.53 bits per heavy atom. The summed E-state index contributed by atoms with van der Waals surface area (Å²) in [7, 11) is -3.10. The molecule has 0 unspecified atom stereocenters. The molecule has 3 heterocycles. The minimum atomic E-state index is -3.10. The van der Waals surface area contributed by atoms with E-state index in [9.17, 15) is 0 Å². The second-order valence-corrected chi connectivity index (χ2v) is 26.0. The van der Waals surface area contributed by atoms with Gasteiger partial charge in [-0.15, -0.1) is 0 Å². The highest BCUT2D eigenvalue weighted by atomic mass is 28.3. The van der Waals surface area contributed by atoms with Crippen LogP contribution in [0.4, 0.5) is 17.1 Å². The van der Waals surface area contributed by atoms with Crippen molar-refractivity contribution in [2.24, 2.45) is 0 Å². The summed E-state index contributed by atoms with van der Waals surface area (Å²) >= 11 is 0. The Morgan fingerprint density at radius 2 is 0.855 bits per heavy atom. The third kappa shape index (κ3) is 5.61. The zero-order chi connectivity index (χ0) is 50.7. The van der Waals surface area contributed by atoms with Gasteiger partial charge in [-0.1, -0.05) is 210 Å². The van der Waals surface area contributed by atoms with Crippen molar-refractivity contribution in [3.8, 4) is 44.5 Å². The number of fused-ring (bicyclic) bond motifs is 19. The van der Waals surface area contributed by atoms with Crippen LogP contribution in [0.2, 0.25) is 0 Å². The minimum Gasteiger partial charge on any atom is -0.455 e. The Bertz CT molecular complexity index is 4530. The predicted molar refractivity (Wildman–Crippen MR) is 319 cm³/mol. The smallest absolute Gasteiger partial charge is 0.180 e. The molecule has 2 aliphatic carbocycles. The Kier molecular flexibility index (Phi) is 8.89. The van der Waals surface area contributed by atoms with Gasteiger partial charge in [-0.25, -0.2) is 0 Å². The van der Waals surface area contributed by atoms with Crippen molar-refractivity contribution in [2.75, 3.05) is 4.90 Å². The third-order valence-corrected chi connectivity index (χ3v) is 22.5. The average Bonchev–Trinajstić information content (AvgIpc) is 4.35. The van der Waals surface area contributed by atoms with E-state index < -0.39 is 8.07 Å². The number of para-hydroxylation sites is 3. The monoisotopic (exact) mass is 989 g/mol. The lowest BCUT2D eigenvalue weighted by atomic mass is 9.72. The van der Waals surface area contributed by atoms with Crippen molar-refractivity contribution in [3.63, 3.8) is 0 Å². The highest BCUT2D eigenvalue weighted by Crippen LogP contribution is 2.63. The van der Waals surface area contributed by atoms with Crippen LogP contribution in [0, 0.1) is 0 Å². The van der Waals surface area contributed by atoms with E-state index in [-0.39, 0.29) is 10.8 Å². The standard InChI is InChI=1S/C72H51NO2Si/c1-71(2)56-34-20-17-31-50(56)66-68(71)67-63(65-53-33-19-22-36-59(53)75-70(65)66)51-39-37-46(41-57(51)72(67,3)4)73(45-25-11-6-12-26-45)47-38-40-54-60(42-47)76(48-27-13-7-14-28-48,49-29-15-8-16-30-49)61-43-55(44-23-9-5-10-24-44)69-64(62(54)61)52-32-18-21-35-58(52)74-69/h5-43H,1-4H3. The van der Waals surface area contributed by atoms with Crippen LogP contribution < -0.4 is 25.6 Å². The Labute approximate surface area is 443 Å². The van der Waals surface area contributed by atoms with Crippen molar-refractivity contribution in [1.82, 2.24) is 0 Å². The van der Waals surface area contributed by atoms with Gasteiger partial charge in [0.25, 0.3) is 0 Å². The molecule has 13 aromatic rings. The van der Waals surface area contributed by atoms with Crippen molar-refractivity contribution in [2.45, 2.75) is 38.5 Å². The number of nitrogens with zero attached hydrogens (tertiary/aromatic N) is 1. The number of hydrogen-bond donors (Lipinski definition) is 0. The molecule has 1 aliphatic heterocycles. The van der Waals surface area contributed by atoms with E-state index in [2.05, 4.69) is 269 Å². The molecule has 16 rings (SSSR count). The second-order valence-electron chi connectivity index (χ2n) is 22.2. The molecular weight excluding hydrogens is 939 g/mol. The van der Waals surface area contributed by atoms with E-state index in [1.165, 1.54) is 87.2 Å². The Morgan fingerprint density at radius 1 is 0.355 bits per heavy atom. The fourth-order valence-electron chi connectivity index (χ4n) is 14.5. The molecule has 360 valence electrons. The molecule has 11 aromatic carbocycles. The van der Waals surface area contributed by atoms with E-state index in [1.807, 2.05) is 0 Å². The molecule has 0 atom stereocenters. The summed E-state index contributed by atoms with van der Waals surface area (Å²) in [5.41, 5.74) is 21.9. The first kappa shape index (κ1) is 43.4. The molecule has 0 saturated heterocycles. The van der Waals surface area contributed by atoms with Crippen LogP contribution in [-0.4, -0.2) is 8.07 Å². The molecular formula is C72H51NO2Si. The van der Waals surface area contributed by atoms with Crippen molar-refractivity contribution >= 4 is 89.8 Å². The topological polar surface area (TPSA) is 29.5 Å². The zero-order valence-electron chi connectivity index (χ0n) is 42.8. The SMILES string of the molecule is CC1(C)c2ccccc2-c2c1c1c(c3c2oc2ccccc23)-c2ccc(N(c3ccccc3)c3ccc4c(c3)[Si](c3ccccc3)(c3ccccc3)c3cc(-c5ccccc5)c5oc6ccccc6c5c3-4)cc2C1(C)C. The molecule has 3 nitrogen and oxygen atoms in total. The molecule has 0 bridgehead atoms. The number of rotatable bonds is 6. The van der Waals surface area contributed by atoms with Crippen molar-refractivity contribution in [1.29, 1.82) is 0 Å². The lowest BCUT2D eigenvalue weighted by Gasteiger charge is -2.33. The summed E-state index contributed by atoms with van der Waals surface area (Å²) in [5, 5.41) is 10.2. The van der Waals surface area contributed by atoms with Gasteiger partial charge >= 0.3 is 0 Å². The van der Waals surface area contributed by atoms with Gasteiger partial charge in [0.05, 0.1) is 0 Å². The fraction of sp³-hybridized carbons (Fsp3) is 0.0833. The van der Waals surface area contributed by atoms with Crippen LogP contribution in [-0.2, 0) is 10.8 Å². The third-order valence-electron chi connectivity index (χ3n) is 17.6. The maximum Gasteiger partial charge on any atom is 0.180 e. The maximum atomic E-state index is 7.03. The summed E-state index contributed by atoms with van der Waals surface area (Å²) in [4.78, 5) is 2.50.